The van der Waals surface area contributed by atoms with Crippen LogP contribution in [-0.2, 0) is 6.54 Å². The molecule has 0 aliphatic heterocycles. The van der Waals surface area contributed by atoms with Crippen molar-refractivity contribution in [3.05, 3.63) is 65.0 Å². The van der Waals surface area contributed by atoms with E-state index in [1.54, 1.807) is 13.2 Å². The zero-order valence-corrected chi connectivity index (χ0v) is 12.1. The molecular weight excluding hydrogens is 253 g/mol. The Labute approximate surface area is 119 Å². The molecule has 20 heavy (non-hydrogen) atoms. The van der Waals surface area contributed by atoms with Crippen molar-refractivity contribution in [2.45, 2.75) is 26.4 Å². The molecule has 0 aromatic heterocycles. The Morgan fingerprint density at radius 2 is 2.00 bits per heavy atom. The average Bonchev–Trinajstić information content (AvgIpc) is 2.48. The van der Waals surface area contributed by atoms with Gasteiger partial charge in [0.25, 0.3) is 0 Å². The molecule has 0 unspecified atom stereocenters. The van der Waals surface area contributed by atoms with Crippen molar-refractivity contribution < 1.29 is 9.13 Å². The molecule has 0 aliphatic carbocycles. The molecule has 106 valence electrons. The first-order valence-corrected chi connectivity index (χ1v) is 6.72. The Kier molecular flexibility index (Phi) is 4.74. The van der Waals surface area contributed by atoms with Gasteiger partial charge in [-0.1, -0.05) is 18.2 Å². The van der Waals surface area contributed by atoms with Gasteiger partial charge in [0, 0.05) is 12.6 Å². The molecule has 1 atom stereocenters. The molecule has 0 bridgehead atoms. The van der Waals surface area contributed by atoms with Crippen LogP contribution in [0.3, 0.4) is 0 Å². The van der Waals surface area contributed by atoms with Gasteiger partial charge in [-0.2, -0.15) is 0 Å². The summed E-state index contributed by atoms with van der Waals surface area (Å²) < 4.78 is 18.5. The minimum atomic E-state index is -0.193. The van der Waals surface area contributed by atoms with Gasteiger partial charge in [-0.25, -0.2) is 4.39 Å². The number of nitrogens with one attached hydrogen (secondary N) is 1. The van der Waals surface area contributed by atoms with E-state index in [0.29, 0.717) is 6.54 Å². The lowest BCUT2D eigenvalue weighted by Crippen LogP contribution is -2.18. The summed E-state index contributed by atoms with van der Waals surface area (Å²) in [4.78, 5) is 0. The van der Waals surface area contributed by atoms with Crippen LogP contribution in [0.2, 0.25) is 0 Å². The Balaban J connectivity index is 2.04. The van der Waals surface area contributed by atoms with Crippen LogP contribution in [0.15, 0.2) is 42.5 Å². The van der Waals surface area contributed by atoms with Crippen LogP contribution in [-0.4, -0.2) is 7.11 Å². The average molecular weight is 273 g/mol. The van der Waals surface area contributed by atoms with E-state index in [2.05, 4.69) is 18.3 Å². The van der Waals surface area contributed by atoms with E-state index >= 15 is 0 Å². The summed E-state index contributed by atoms with van der Waals surface area (Å²) in [5.41, 5.74) is 3.23. The van der Waals surface area contributed by atoms with Crippen LogP contribution in [0.5, 0.6) is 5.75 Å². The maximum absolute atomic E-state index is 13.2. The first kappa shape index (κ1) is 14.5. The van der Waals surface area contributed by atoms with E-state index < -0.39 is 0 Å². The van der Waals surface area contributed by atoms with Crippen molar-refractivity contribution in [1.82, 2.24) is 5.32 Å². The van der Waals surface area contributed by atoms with Gasteiger partial charge in [-0.05, 0) is 54.8 Å². The normalized spacial score (nSPS) is 12.2. The fourth-order valence-corrected chi connectivity index (χ4v) is 2.12. The number of hydrogen-bond acceptors (Lipinski definition) is 2. The van der Waals surface area contributed by atoms with Gasteiger partial charge in [-0.15, -0.1) is 0 Å². The second-order valence-corrected chi connectivity index (χ2v) is 4.95. The molecule has 2 rings (SSSR count). The zero-order valence-electron chi connectivity index (χ0n) is 12.1. The van der Waals surface area contributed by atoms with Gasteiger partial charge in [0.05, 0.1) is 7.11 Å². The first-order valence-electron chi connectivity index (χ1n) is 6.72. The standard InChI is InChI=1S/C17H20FNO/c1-12-7-8-16(18)9-15(12)11-19-13(2)14-5-4-6-17(10-14)20-3/h4-10,13,19H,11H2,1-3H3/t13-/m0/s1. The molecule has 0 saturated heterocycles. The number of ether oxygens (including phenoxy) is 1. The second kappa shape index (κ2) is 6.53. The summed E-state index contributed by atoms with van der Waals surface area (Å²) in [5.74, 6) is 0.652. The number of rotatable bonds is 5. The summed E-state index contributed by atoms with van der Waals surface area (Å²) in [6.07, 6.45) is 0. The van der Waals surface area contributed by atoms with Crippen LogP contribution in [0.1, 0.15) is 29.7 Å². The lowest BCUT2D eigenvalue weighted by Gasteiger charge is -2.16. The van der Waals surface area contributed by atoms with E-state index in [1.165, 1.54) is 6.07 Å². The van der Waals surface area contributed by atoms with E-state index in [1.807, 2.05) is 31.2 Å². The third-order valence-electron chi connectivity index (χ3n) is 3.50. The Bertz CT molecular complexity index is 583. The van der Waals surface area contributed by atoms with Crippen molar-refractivity contribution in [2.24, 2.45) is 0 Å². The molecular formula is C17H20FNO. The smallest absolute Gasteiger partial charge is 0.123 e. The summed E-state index contributed by atoms with van der Waals surface area (Å²) >= 11 is 0. The molecule has 0 spiro atoms. The summed E-state index contributed by atoms with van der Waals surface area (Å²) in [5, 5.41) is 3.41. The molecule has 0 radical (unpaired) electrons. The lowest BCUT2D eigenvalue weighted by molar-refractivity contribution is 0.413. The Morgan fingerprint density at radius 1 is 1.20 bits per heavy atom. The molecule has 3 heteroatoms. The van der Waals surface area contributed by atoms with E-state index in [4.69, 9.17) is 4.74 Å². The van der Waals surface area contributed by atoms with Crippen LogP contribution in [0.4, 0.5) is 4.39 Å². The van der Waals surface area contributed by atoms with Crippen molar-refractivity contribution in [1.29, 1.82) is 0 Å². The topological polar surface area (TPSA) is 21.3 Å². The Hall–Kier alpha value is -1.87. The van der Waals surface area contributed by atoms with Crippen molar-refractivity contribution in [2.75, 3.05) is 7.11 Å². The number of hydrogen-bond donors (Lipinski definition) is 1. The fraction of sp³-hybridized carbons (Fsp3) is 0.294. The van der Waals surface area contributed by atoms with Gasteiger partial charge < -0.3 is 10.1 Å². The van der Waals surface area contributed by atoms with Gasteiger partial charge in [0.15, 0.2) is 0 Å². The van der Waals surface area contributed by atoms with E-state index in [0.717, 1.165) is 22.4 Å². The maximum Gasteiger partial charge on any atom is 0.123 e. The summed E-state index contributed by atoms with van der Waals surface area (Å²) in [6.45, 7) is 4.72. The summed E-state index contributed by atoms with van der Waals surface area (Å²) in [7, 11) is 1.66. The minimum Gasteiger partial charge on any atom is -0.497 e. The SMILES string of the molecule is COc1cccc([C@H](C)NCc2cc(F)ccc2C)c1. The molecule has 0 heterocycles. The van der Waals surface area contributed by atoms with Crippen LogP contribution >= 0.6 is 0 Å². The predicted octanol–water partition coefficient (Wildman–Crippen LogP) is 3.99. The number of benzene rings is 2. The number of aryl methyl sites for hydroxylation is 1. The molecule has 0 saturated carbocycles. The quantitative estimate of drug-likeness (QED) is 0.889. The van der Waals surface area contributed by atoms with Gasteiger partial charge >= 0.3 is 0 Å². The van der Waals surface area contributed by atoms with Crippen molar-refractivity contribution in [3.8, 4) is 5.75 Å². The van der Waals surface area contributed by atoms with Crippen LogP contribution in [0, 0.1) is 12.7 Å². The molecule has 1 N–H and O–H groups in total. The largest absolute Gasteiger partial charge is 0.497 e. The van der Waals surface area contributed by atoms with Crippen LogP contribution in [0.25, 0.3) is 0 Å². The molecule has 2 aromatic rings. The van der Waals surface area contributed by atoms with Crippen molar-refractivity contribution in [3.63, 3.8) is 0 Å². The maximum atomic E-state index is 13.2. The fourth-order valence-electron chi connectivity index (χ4n) is 2.12. The van der Waals surface area contributed by atoms with E-state index in [9.17, 15) is 4.39 Å². The predicted molar refractivity (Wildman–Crippen MR) is 79.4 cm³/mol. The molecule has 0 aliphatic rings. The lowest BCUT2D eigenvalue weighted by atomic mass is 10.1. The molecule has 2 nitrogen and oxygen atoms in total. The van der Waals surface area contributed by atoms with Gasteiger partial charge in [-0.3, -0.25) is 0 Å². The number of methoxy groups -OCH3 is 1. The molecule has 0 fully saturated rings. The summed E-state index contributed by atoms with van der Waals surface area (Å²) in [6, 6.07) is 13.0. The third kappa shape index (κ3) is 3.58. The Morgan fingerprint density at radius 3 is 2.75 bits per heavy atom. The first-order chi connectivity index (χ1) is 9.60. The molecule has 2 aromatic carbocycles. The third-order valence-corrected chi connectivity index (χ3v) is 3.50. The van der Waals surface area contributed by atoms with Crippen molar-refractivity contribution >= 4 is 0 Å². The van der Waals surface area contributed by atoms with Crippen LogP contribution < -0.4 is 10.1 Å². The zero-order chi connectivity index (χ0) is 14.5. The van der Waals surface area contributed by atoms with Gasteiger partial charge in [0.1, 0.15) is 11.6 Å². The highest BCUT2D eigenvalue weighted by atomic mass is 19.1. The second-order valence-electron chi connectivity index (χ2n) is 4.95. The highest BCUT2D eigenvalue weighted by Crippen LogP contribution is 2.19. The van der Waals surface area contributed by atoms with Gasteiger partial charge in [0.2, 0.25) is 0 Å². The van der Waals surface area contributed by atoms with E-state index in [-0.39, 0.29) is 11.9 Å². The highest BCUT2D eigenvalue weighted by Gasteiger charge is 2.07. The number of halogens is 1. The monoisotopic (exact) mass is 273 g/mol. The minimum absolute atomic E-state index is 0.174. The highest BCUT2D eigenvalue weighted by molar-refractivity contribution is 5.31. The molecule has 0 amide bonds.